The number of hydrogen-bond acceptors (Lipinski definition) is 2. The maximum atomic E-state index is 12.1. The number of amides is 1. The second-order valence-corrected chi connectivity index (χ2v) is 7.18. The third-order valence-electron chi connectivity index (χ3n) is 2.66. The molecule has 0 saturated heterocycles. The standard InChI is InChI=1S/C13H18INOS/c1-9-6-5-7-10(11(9)14)12(16)15-8-13(2,3)17-4/h5-7H,8H2,1-4H3,(H,15,16). The van der Waals surface area contributed by atoms with Crippen LogP contribution >= 0.6 is 34.4 Å². The first kappa shape index (κ1) is 14.8. The molecule has 0 spiro atoms. The van der Waals surface area contributed by atoms with Crippen molar-refractivity contribution in [3.05, 3.63) is 32.9 Å². The number of aryl methyl sites for hydroxylation is 1. The van der Waals surface area contributed by atoms with Crippen LogP contribution in [0.1, 0.15) is 29.8 Å². The molecule has 0 aliphatic heterocycles. The topological polar surface area (TPSA) is 29.1 Å². The van der Waals surface area contributed by atoms with Crippen molar-refractivity contribution in [2.45, 2.75) is 25.5 Å². The highest BCUT2D eigenvalue weighted by molar-refractivity contribution is 14.1. The minimum Gasteiger partial charge on any atom is -0.351 e. The first-order valence-electron chi connectivity index (χ1n) is 5.46. The van der Waals surface area contributed by atoms with E-state index in [4.69, 9.17) is 0 Å². The second kappa shape index (κ2) is 6.09. The predicted molar refractivity (Wildman–Crippen MR) is 83.8 cm³/mol. The summed E-state index contributed by atoms with van der Waals surface area (Å²) < 4.78 is 1.11. The molecule has 1 aromatic carbocycles. The molecular weight excluding hydrogens is 345 g/mol. The molecule has 1 rings (SSSR count). The third kappa shape index (κ3) is 4.17. The van der Waals surface area contributed by atoms with E-state index in [1.54, 1.807) is 11.8 Å². The minimum absolute atomic E-state index is 0.0141. The van der Waals surface area contributed by atoms with Gasteiger partial charge in [-0.1, -0.05) is 12.1 Å². The average Bonchev–Trinajstić information content (AvgIpc) is 2.30. The normalized spacial score (nSPS) is 11.4. The fourth-order valence-electron chi connectivity index (χ4n) is 1.28. The molecule has 1 N–H and O–H groups in total. The average molecular weight is 363 g/mol. The van der Waals surface area contributed by atoms with E-state index >= 15 is 0 Å². The molecular formula is C13H18INOS. The summed E-state index contributed by atoms with van der Waals surface area (Å²) in [5.41, 5.74) is 1.91. The lowest BCUT2D eigenvalue weighted by Crippen LogP contribution is -2.36. The lowest BCUT2D eigenvalue weighted by Gasteiger charge is -2.22. The van der Waals surface area contributed by atoms with Crippen molar-refractivity contribution < 1.29 is 4.79 Å². The van der Waals surface area contributed by atoms with Crippen LogP contribution in [0.25, 0.3) is 0 Å². The molecule has 4 heteroatoms. The molecule has 0 aromatic heterocycles. The SMILES string of the molecule is CSC(C)(C)CNC(=O)c1cccc(C)c1I. The number of rotatable bonds is 4. The summed E-state index contributed by atoms with van der Waals surface area (Å²) in [5, 5.41) is 2.99. The number of halogens is 1. The largest absolute Gasteiger partial charge is 0.351 e. The van der Waals surface area contributed by atoms with Crippen LogP contribution in [0, 0.1) is 10.5 Å². The van der Waals surface area contributed by atoms with Gasteiger partial charge in [-0.05, 0) is 61.2 Å². The first-order chi connectivity index (χ1) is 7.87. The van der Waals surface area contributed by atoms with Gasteiger partial charge < -0.3 is 5.32 Å². The molecule has 1 aromatic rings. The Morgan fingerprint density at radius 2 is 2.12 bits per heavy atom. The Morgan fingerprint density at radius 3 is 2.71 bits per heavy atom. The first-order valence-corrected chi connectivity index (χ1v) is 7.76. The Morgan fingerprint density at radius 1 is 1.47 bits per heavy atom. The predicted octanol–water partition coefficient (Wildman–Crippen LogP) is 3.47. The van der Waals surface area contributed by atoms with E-state index in [0.717, 1.165) is 14.7 Å². The van der Waals surface area contributed by atoms with Crippen molar-refractivity contribution in [2.75, 3.05) is 12.8 Å². The van der Waals surface area contributed by atoms with E-state index < -0.39 is 0 Å². The van der Waals surface area contributed by atoms with Gasteiger partial charge in [0.25, 0.3) is 5.91 Å². The van der Waals surface area contributed by atoms with Crippen molar-refractivity contribution in [1.29, 1.82) is 0 Å². The van der Waals surface area contributed by atoms with Gasteiger partial charge in [0, 0.05) is 14.9 Å². The zero-order chi connectivity index (χ0) is 13.1. The number of carbonyl (C=O) groups is 1. The minimum atomic E-state index is 0.0141. The summed E-state index contributed by atoms with van der Waals surface area (Å²) in [6, 6.07) is 5.81. The van der Waals surface area contributed by atoms with Crippen LogP contribution in [0.2, 0.25) is 0 Å². The Labute approximate surface area is 121 Å². The van der Waals surface area contributed by atoms with Crippen LogP contribution < -0.4 is 5.32 Å². The Balaban J connectivity index is 2.74. The Kier molecular flexibility index (Phi) is 5.31. The lowest BCUT2D eigenvalue weighted by atomic mass is 10.1. The van der Waals surface area contributed by atoms with Crippen molar-refractivity contribution in [3.63, 3.8) is 0 Å². The lowest BCUT2D eigenvalue weighted by molar-refractivity contribution is 0.0950. The van der Waals surface area contributed by atoms with Crippen molar-refractivity contribution in [3.8, 4) is 0 Å². The zero-order valence-electron chi connectivity index (χ0n) is 10.6. The highest BCUT2D eigenvalue weighted by atomic mass is 127. The Bertz CT molecular complexity index is 418. The number of benzene rings is 1. The van der Waals surface area contributed by atoms with Crippen LogP contribution in [0.3, 0.4) is 0 Å². The summed E-state index contributed by atoms with van der Waals surface area (Å²) >= 11 is 3.98. The summed E-state index contributed by atoms with van der Waals surface area (Å²) in [6.45, 7) is 6.94. The van der Waals surface area contributed by atoms with Gasteiger partial charge in [-0.15, -0.1) is 0 Å². The molecule has 17 heavy (non-hydrogen) atoms. The highest BCUT2D eigenvalue weighted by Crippen LogP contribution is 2.20. The van der Waals surface area contributed by atoms with Gasteiger partial charge in [-0.2, -0.15) is 11.8 Å². The number of hydrogen-bond donors (Lipinski definition) is 1. The van der Waals surface area contributed by atoms with Crippen LogP contribution in [-0.2, 0) is 0 Å². The quantitative estimate of drug-likeness (QED) is 0.830. The third-order valence-corrected chi connectivity index (χ3v) is 5.35. The van der Waals surface area contributed by atoms with E-state index in [2.05, 4.69) is 48.0 Å². The molecule has 0 radical (unpaired) electrons. The summed E-state index contributed by atoms with van der Waals surface area (Å²) in [6.07, 6.45) is 2.06. The van der Waals surface area contributed by atoms with Crippen LogP contribution in [0.5, 0.6) is 0 Å². The highest BCUT2D eigenvalue weighted by Gasteiger charge is 2.18. The Hall–Kier alpha value is -0.230. The maximum absolute atomic E-state index is 12.1. The fourth-order valence-corrected chi connectivity index (χ4v) is 2.10. The summed E-state index contributed by atoms with van der Waals surface area (Å²) in [7, 11) is 0. The van der Waals surface area contributed by atoms with Crippen LogP contribution in [0.4, 0.5) is 0 Å². The van der Waals surface area contributed by atoms with Gasteiger partial charge >= 0.3 is 0 Å². The van der Waals surface area contributed by atoms with Crippen molar-refractivity contribution in [2.24, 2.45) is 0 Å². The second-order valence-electron chi connectivity index (χ2n) is 4.58. The molecule has 2 nitrogen and oxygen atoms in total. The molecule has 94 valence electrons. The smallest absolute Gasteiger partial charge is 0.252 e. The maximum Gasteiger partial charge on any atom is 0.252 e. The number of carbonyl (C=O) groups excluding carboxylic acids is 1. The van der Waals surface area contributed by atoms with E-state index in [1.807, 2.05) is 25.1 Å². The van der Waals surface area contributed by atoms with Crippen LogP contribution in [-0.4, -0.2) is 23.5 Å². The van der Waals surface area contributed by atoms with E-state index in [9.17, 15) is 4.79 Å². The molecule has 0 atom stereocenters. The number of thioether (sulfide) groups is 1. The van der Waals surface area contributed by atoms with E-state index in [1.165, 1.54) is 0 Å². The number of nitrogens with one attached hydrogen (secondary N) is 1. The summed E-state index contributed by atoms with van der Waals surface area (Å²) in [5.74, 6) is 0.0141. The van der Waals surface area contributed by atoms with E-state index in [-0.39, 0.29) is 10.7 Å². The molecule has 0 aliphatic carbocycles. The van der Waals surface area contributed by atoms with Crippen molar-refractivity contribution >= 4 is 40.3 Å². The molecule has 0 bridgehead atoms. The fraction of sp³-hybridized carbons (Fsp3) is 0.462. The molecule has 0 saturated carbocycles. The van der Waals surface area contributed by atoms with E-state index in [0.29, 0.717) is 6.54 Å². The summed E-state index contributed by atoms with van der Waals surface area (Å²) in [4.78, 5) is 12.1. The van der Waals surface area contributed by atoms with Gasteiger partial charge in [-0.3, -0.25) is 4.79 Å². The molecule has 0 aliphatic rings. The van der Waals surface area contributed by atoms with Gasteiger partial charge in [-0.25, -0.2) is 0 Å². The molecule has 0 heterocycles. The molecule has 0 unspecified atom stereocenters. The monoisotopic (exact) mass is 363 g/mol. The van der Waals surface area contributed by atoms with Gasteiger partial charge in [0.2, 0.25) is 0 Å². The zero-order valence-corrected chi connectivity index (χ0v) is 13.6. The van der Waals surface area contributed by atoms with Gasteiger partial charge in [0.1, 0.15) is 0 Å². The molecule has 1 amide bonds. The molecule has 0 fully saturated rings. The van der Waals surface area contributed by atoms with Gasteiger partial charge in [0.15, 0.2) is 0 Å². The van der Waals surface area contributed by atoms with Gasteiger partial charge in [0.05, 0.1) is 5.56 Å². The van der Waals surface area contributed by atoms with Crippen LogP contribution in [0.15, 0.2) is 18.2 Å². The van der Waals surface area contributed by atoms with Crippen molar-refractivity contribution in [1.82, 2.24) is 5.32 Å².